The second-order valence-corrected chi connectivity index (χ2v) is 6.85. The smallest absolute Gasteiger partial charge is 0.243 e. The molecule has 0 saturated carbocycles. The van der Waals surface area contributed by atoms with Crippen LogP contribution in [-0.2, 0) is 16.6 Å². The molecule has 5 nitrogen and oxygen atoms in total. The van der Waals surface area contributed by atoms with Crippen LogP contribution in [0.15, 0.2) is 23.1 Å². The fourth-order valence-corrected chi connectivity index (χ4v) is 3.66. The van der Waals surface area contributed by atoms with E-state index in [2.05, 4.69) is 9.62 Å². The van der Waals surface area contributed by atoms with Crippen LogP contribution in [0, 0.1) is 5.82 Å². The summed E-state index contributed by atoms with van der Waals surface area (Å²) in [6, 6.07) is 3.84. The van der Waals surface area contributed by atoms with Gasteiger partial charge in [0, 0.05) is 12.6 Å². The van der Waals surface area contributed by atoms with Crippen LogP contribution in [0.2, 0.25) is 0 Å². The van der Waals surface area contributed by atoms with Gasteiger partial charge in [-0.25, -0.2) is 17.5 Å². The molecule has 0 spiro atoms. The minimum Gasteiger partial charge on any atom is -0.326 e. The Hall–Kier alpha value is -1.02. The Balaban J connectivity index is 2.14. The third-order valence-electron chi connectivity index (χ3n) is 3.56. The van der Waals surface area contributed by atoms with Gasteiger partial charge >= 0.3 is 0 Å². The van der Waals surface area contributed by atoms with Crippen LogP contribution in [0.3, 0.4) is 0 Å². The van der Waals surface area contributed by atoms with Crippen LogP contribution in [0.1, 0.15) is 18.4 Å². The van der Waals surface area contributed by atoms with E-state index >= 15 is 0 Å². The number of piperidine rings is 1. The quantitative estimate of drug-likeness (QED) is 0.856. The highest BCUT2D eigenvalue weighted by molar-refractivity contribution is 7.89. The largest absolute Gasteiger partial charge is 0.326 e. The average molecular weight is 301 g/mol. The standard InChI is InChI=1S/C13H20FN3O2S/c1-17-6-4-11(5-7-17)16-20(18,19)13-3-2-10(9-15)8-12(13)14/h2-3,8,11,16H,4-7,9,15H2,1H3. The lowest BCUT2D eigenvalue weighted by Gasteiger charge is -2.29. The molecule has 1 aliphatic heterocycles. The molecule has 3 N–H and O–H groups in total. The summed E-state index contributed by atoms with van der Waals surface area (Å²) in [5, 5.41) is 0. The van der Waals surface area contributed by atoms with Gasteiger partial charge in [0.15, 0.2) is 0 Å². The van der Waals surface area contributed by atoms with E-state index in [9.17, 15) is 12.8 Å². The SMILES string of the molecule is CN1CCC(NS(=O)(=O)c2ccc(CN)cc2F)CC1. The normalized spacial score (nSPS) is 18.4. The number of rotatable bonds is 4. The van der Waals surface area contributed by atoms with Gasteiger partial charge in [-0.3, -0.25) is 0 Å². The van der Waals surface area contributed by atoms with Gasteiger partial charge in [-0.2, -0.15) is 0 Å². The molecule has 0 aromatic heterocycles. The van der Waals surface area contributed by atoms with Gasteiger partial charge in [-0.1, -0.05) is 6.07 Å². The Morgan fingerprint density at radius 3 is 2.60 bits per heavy atom. The van der Waals surface area contributed by atoms with Gasteiger partial charge in [0.2, 0.25) is 10.0 Å². The molecule has 0 unspecified atom stereocenters. The molecule has 1 heterocycles. The first-order valence-corrected chi connectivity index (χ1v) is 8.10. The van der Waals surface area contributed by atoms with E-state index < -0.39 is 15.8 Å². The summed E-state index contributed by atoms with van der Waals surface area (Å²) in [6.07, 6.45) is 1.47. The topological polar surface area (TPSA) is 75.4 Å². The molecule has 2 rings (SSSR count). The number of likely N-dealkylation sites (tertiary alicyclic amines) is 1. The van der Waals surface area contributed by atoms with Crippen molar-refractivity contribution in [3.8, 4) is 0 Å². The van der Waals surface area contributed by atoms with Gasteiger partial charge in [0.05, 0.1) is 0 Å². The summed E-state index contributed by atoms with van der Waals surface area (Å²) in [4.78, 5) is 1.83. The number of nitrogens with two attached hydrogens (primary N) is 1. The maximum absolute atomic E-state index is 13.9. The van der Waals surface area contributed by atoms with E-state index in [1.807, 2.05) is 7.05 Å². The molecule has 0 amide bonds. The second-order valence-electron chi connectivity index (χ2n) is 5.17. The van der Waals surface area contributed by atoms with E-state index in [1.54, 1.807) is 0 Å². The third-order valence-corrected chi connectivity index (χ3v) is 5.12. The van der Waals surface area contributed by atoms with Gasteiger partial charge in [0.25, 0.3) is 0 Å². The number of hydrogen-bond acceptors (Lipinski definition) is 4. The molecule has 0 radical (unpaired) electrons. The Morgan fingerprint density at radius 2 is 2.05 bits per heavy atom. The second kappa shape index (κ2) is 6.17. The lowest BCUT2D eigenvalue weighted by Crippen LogP contribution is -2.43. The molecule has 0 bridgehead atoms. The minimum absolute atomic E-state index is 0.134. The average Bonchev–Trinajstić information content (AvgIpc) is 2.40. The van der Waals surface area contributed by atoms with E-state index in [-0.39, 0.29) is 17.5 Å². The highest BCUT2D eigenvalue weighted by atomic mass is 32.2. The fourth-order valence-electron chi connectivity index (χ4n) is 2.30. The molecule has 1 aliphatic rings. The molecule has 7 heteroatoms. The van der Waals surface area contributed by atoms with Crippen LogP contribution in [0.4, 0.5) is 4.39 Å². The number of benzene rings is 1. The first-order chi connectivity index (χ1) is 9.42. The molecular formula is C13H20FN3O2S. The van der Waals surface area contributed by atoms with Crippen LogP contribution in [0.5, 0.6) is 0 Å². The molecule has 1 aromatic carbocycles. The maximum atomic E-state index is 13.9. The van der Waals surface area contributed by atoms with E-state index in [4.69, 9.17) is 5.73 Å². The first kappa shape index (κ1) is 15.4. The van der Waals surface area contributed by atoms with Crippen molar-refractivity contribution in [3.63, 3.8) is 0 Å². The molecule has 20 heavy (non-hydrogen) atoms. The zero-order chi connectivity index (χ0) is 14.8. The summed E-state index contributed by atoms with van der Waals surface area (Å²) in [6.45, 7) is 1.85. The first-order valence-electron chi connectivity index (χ1n) is 6.62. The number of nitrogens with one attached hydrogen (secondary N) is 1. The van der Waals surface area contributed by atoms with Crippen molar-refractivity contribution in [1.29, 1.82) is 0 Å². The number of nitrogens with zero attached hydrogens (tertiary/aromatic N) is 1. The maximum Gasteiger partial charge on any atom is 0.243 e. The highest BCUT2D eigenvalue weighted by Crippen LogP contribution is 2.18. The Labute approximate surface area is 119 Å². The third kappa shape index (κ3) is 3.54. The summed E-state index contributed by atoms with van der Waals surface area (Å²) in [5.74, 6) is -0.756. The predicted octanol–water partition coefficient (Wildman–Crippen LogP) is 0.657. The van der Waals surface area contributed by atoms with Crippen molar-refractivity contribution in [2.45, 2.75) is 30.3 Å². The molecule has 1 fully saturated rings. The van der Waals surface area contributed by atoms with Crippen molar-refractivity contribution in [2.24, 2.45) is 5.73 Å². The molecule has 112 valence electrons. The van der Waals surface area contributed by atoms with E-state index in [0.717, 1.165) is 25.9 Å². The van der Waals surface area contributed by atoms with Crippen molar-refractivity contribution >= 4 is 10.0 Å². The predicted molar refractivity (Wildman–Crippen MR) is 75.1 cm³/mol. The summed E-state index contributed by atoms with van der Waals surface area (Å²) in [7, 11) is -1.82. The fraction of sp³-hybridized carbons (Fsp3) is 0.538. The molecule has 0 aliphatic carbocycles. The van der Waals surface area contributed by atoms with Crippen LogP contribution < -0.4 is 10.5 Å². The van der Waals surface area contributed by atoms with Crippen molar-refractivity contribution in [3.05, 3.63) is 29.6 Å². The minimum atomic E-state index is -3.82. The Kier molecular flexibility index (Phi) is 4.74. The summed E-state index contributed by atoms with van der Waals surface area (Å²) < 4.78 is 40.9. The monoisotopic (exact) mass is 301 g/mol. The van der Waals surface area contributed by atoms with E-state index in [1.165, 1.54) is 18.2 Å². The summed E-state index contributed by atoms with van der Waals surface area (Å²) in [5.41, 5.74) is 5.97. The zero-order valence-electron chi connectivity index (χ0n) is 11.5. The lowest BCUT2D eigenvalue weighted by atomic mass is 10.1. The van der Waals surface area contributed by atoms with Crippen LogP contribution >= 0.6 is 0 Å². The highest BCUT2D eigenvalue weighted by Gasteiger charge is 2.25. The number of hydrogen-bond donors (Lipinski definition) is 2. The Bertz CT molecular complexity index is 569. The number of sulfonamides is 1. The van der Waals surface area contributed by atoms with Gasteiger partial charge in [0.1, 0.15) is 10.7 Å². The van der Waals surface area contributed by atoms with Gasteiger partial charge < -0.3 is 10.6 Å². The Morgan fingerprint density at radius 1 is 1.40 bits per heavy atom. The van der Waals surface area contributed by atoms with Crippen molar-refractivity contribution < 1.29 is 12.8 Å². The van der Waals surface area contributed by atoms with Crippen LogP contribution in [-0.4, -0.2) is 39.5 Å². The van der Waals surface area contributed by atoms with Crippen LogP contribution in [0.25, 0.3) is 0 Å². The van der Waals surface area contributed by atoms with Crippen molar-refractivity contribution in [1.82, 2.24) is 9.62 Å². The molecular weight excluding hydrogens is 281 g/mol. The zero-order valence-corrected chi connectivity index (χ0v) is 12.3. The van der Waals surface area contributed by atoms with E-state index in [0.29, 0.717) is 5.56 Å². The number of halogens is 1. The van der Waals surface area contributed by atoms with Gasteiger partial charge in [-0.15, -0.1) is 0 Å². The molecule has 0 atom stereocenters. The lowest BCUT2D eigenvalue weighted by molar-refractivity contribution is 0.248. The van der Waals surface area contributed by atoms with Crippen molar-refractivity contribution in [2.75, 3.05) is 20.1 Å². The molecule has 1 aromatic rings. The summed E-state index contributed by atoms with van der Waals surface area (Å²) >= 11 is 0. The molecule has 1 saturated heterocycles. The van der Waals surface area contributed by atoms with Gasteiger partial charge in [-0.05, 0) is 50.7 Å².